The molecule has 2 aliphatic heterocycles. The number of β-amino-alcohol motifs (C(OH)–C–C–N with tert-alkyl or cyclic N) is 1. The number of aliphatic hydroxyl groups is 1. The highest BCUT2D eigenvalue weighted by Crippen LogP contribution is 2.15. The zero-order chi connectivity index (χ0) is 15.3. The number of rotatable bonds is 5. The number of nitrogens with one attached hydrogen (secondary N) is 1. The summed E-state index contributed by atoms with van der Waals surface area (Å²) in [6, 6.07) is 0. The molecule has 122 valence electrons. The molecule has 6 nitrogen and oxygen atoms in total. The third-order valence-electron chi connectivity index (χ3n) is 4.43. The smallest absolute Gasteiger partial charge is 0.234 e. The Balaban J connectivity index is 1.72. The molecule has 1 unspecified atom stereocenters. The molecule has 0 aromatic rings. The first-order valence-corrected chi connectivity index (χ1v) is 7.97. The van der Waals surface area contributed by atoms with Crippen LogP contribution in [0.4, 0.5) is 0 Å². The summed E-state index contributed by atoms with van der Waals surface area (Å²) in [6.07, 6.45) is 1.53. The van der Waals surface area contributed by atoms with Gasteiger partial charge in [0, 0.05) is 31.7 Å². The molecule has 0 saturated carbocycles. The average Bonchev–Trinajstić information content (AvgIpc) is 2.46. The molecule has 2 N–H and O–H groups in total. The van der Waals surface area contributed by atoms with E-state index in [1.807, 2.05) is 4.90 Å². The van der Waals surface area contributed by atoms with Crippen LogP contribution >= 0.6 is 0 Å². The summed E-state index contributed by atoms with van der Waals surface area (Å²) in [6.45, 7) is 10.2. The predicted octanol–water partition coefficient (Wildman–Crippen LogP) is -0.330. The maximum absolute atomic E-state index is 12.1. The molecule has 0 aliphatic carbocycles. The van der Waals surface area contributed by atoms with Crippen molar-refractivity contribution in [3.63, 3.8) is 0 Å². The van der Waals surface area contributed by atoms with Gasteiger partial charge in [0.05, 0.1) is 25.9 Å². The first-order valence-electron chi connectivity index (χ1n) is 7.97. The molecule has 0 aromatic heterocycles. The number of ether oxygens (including phenoxy) is 1. The number of aliphatic hydroxyl groups excluding tert-OH is 1. The summed E-state index contributed by atoms with van der Waals surface area (Å²) >= 11 is 0. The molecule has 2 fully saturated rings. The van der Waals surface area contributed by atoms with Crippen molar-refractivity contribution in [1.29, 1.82) is 0 Å². The lowest BCUT2D eigenvalue weighted by Crippen LogP contribution is -2.56. The summed E-state index contributed by atoms with van der Waals surface area (Å²) in [5.41, 5.74) is -0.0547. The Morgan fingerprint density at radius 1 is 1.33 bits per heavy atom. The van der Waals surface area contributed by atoms with E-state index in [-0.39, 0.29) is 17.6 Å². The quantitative estimate of drug-likeness (QED) is 0.728. The molecule has 2 heterocycles. The lowest BCUT2D eigenvalue weighted by Gasteiger charge is -2.41. The van der Waals surface area contributed by atoms with Crippen molar-refractivity contribution in [1.82, 2.24) is 15.1 Å². The van der Waals surface area contributed by atoms with Gasteiger partial charge < -0.3 is 15.2 Å². The topological polar surface area (TPSA) is 65.0 Å². The molecule has 0 spiro atoms. The maximum Gasteiger partial charge on any atom is 0.234 e. The summed E-state index contributed by atoms with van der Waals surface area (Å²) in [4.78, 5) is 16.5. The van der Waals surface area contributed by atoms with Crippen molar-refractivity contribution in [2.45, 2.75) is 38.3 Å². The number of hydrogen-bond acceptors (Lipinski definition) is 5. The Morgan fingerprint density at radius 2 is 2.05 bits per heavy atom. The van der Waals surface area contributed by atoms with E-state index in [4.69, 9.17) is 4.74 Å². The van der Waals surface area contributed by atoms with Gasteiger partial charge in [0.2, 0.25) is 5.91 Å². The Bertz CT molecular complexity index is 343. The fourth-order valence-corrected chi connectivity index (χ4v) is 3.03. The number of nitrogens with zero attached hydrogens (tertiary/aromatic N) is 2. The fraction of sp³-hybridized carbons (Fsp3) is 0.933. The van der Waals surface area contributed by atoms with Gasteiger partial charge in [-0.05, 0) is 33.2 Å². The van der Waals surface area contributed by atoms with Gasteiger partial charge in [-0.3, -0.25) is 14.6 Å². The van der Waals surface area contributed by atoms with Crippen LogP contribution in [0.15, 0.2) is 0 Å². The summed E-state index contributed by atoms with van der Waals surface area (Å²) in [5, 5.41) is 12.7. The molecule has 21 heavy (non-hydrogen) atoms. The van der Waals surface area contributed by atoms with Gasteiger partial charge in [0.15, 0.2) is 0 Å². The summed E-state index contributed by atoms with van der Waals surface area (Å²) in [7, 11) is 0. The zero-order valence-electron chi connectivity index (χ0n) is 13.3. The molecule has 2 saturated heterocycles. The number of piperidine rings is 1. The van der Waals surface area contributed by atoms with E-state index in [0.717, 1.165) is 45.7 Å². The summed E-state index contributed by atoms with van der Waals surface area (Å²) in [5.74, 6) is 0.0467. The Kier molecular flexibility index (Phi) is 5.98. The second-order valence-corrected chi connectivity index (χ2v) is 6.72. The molecule has 6 heteroatoms. The first-order chi connectivity index (χ1) is 9.97. The van der Waals surface area contributed by atoms with Gasteiger partial charge in [-0.2, -0.15) is 0 Å². The minimum atomic E-state index is -0.281. The second-order valence-electron chi connectivity index (χ2n) is 6.72. The highest BCUT2D eigenvalue weighted by molar-refractivity contribution is 5.78. The largest absolute Gasteiger partial charge is 0.392 e. The molecule has 0 aromatic carbocycles. The Morgan fingerprint density at radius 3 is 2.71 bits per heavy atom. The molecular formula is C15H29N3O3. The van der Waals surface area contributed by atoms with Gasteiger partial charge in [0.1, 0.15) is 0 Å². The third-order valence-corrected chi connectivity index (χ3v) is 4.43. The van der Waals surface area contributed by atoms with Crippen LogP contribution in [0.3, 0.4) is 0 Å². The Labute approximate surface area is 127 Å². The van der Waals surface area contributed by atoms with Crippen LogP contribution < -0.4 is 5.32 Å². The molecular weight excluding hydrogens is 270 g/mol. The maximum atomic E-state index is 12.1. The monoisotopic (exact) mass is 299 g/mol. The zero-order valence-corrected chi connectivity index (χ0v) is 13.3. The third kappa shape index (κ3) is 5.21. The molecule has 2 aliphatic rings. The van der Waals surface area contributed by atoms with Crippen LogP contribution in [0.25, 0.3) is 0 Å². The minimum absolute atomic E-state index is 0.0467. The van der Waals surface area contributed by atoms with E-state index in [9.17, 15) is 9.90 Å². The van der Waals surface area contributed by atoms with Crippen LogP contribution in [0.2, 0.25) is 0 Å². The highest BCUT2D eigenvalue weighted by atomic mass is 16.5. The highest BCUT2D eigenvalue weighted by Gasteiger charge is 2.29. The standard InChI is InChI=1S/C15H29N3O3/c1-15(2,18-6-8-21-9-7-18)12-16-14(20)11-17-5-3-4-13(19)10-17/h13,19H,3-12H2,1-2H3,(H,16,20). The Hall–Kier alpha value is -0.690. The number of likely N-dealkylation sites (tertiary alicyclic amines) is 1. The molecule has 1 amide bonds. The first kappa shape index (κ1) is 16.7. The van der Waals surface area contributed by atoms with Gasteiger partial charge >= 0.3 is 0 Å². The molecule has 2 rings (SSSR count). The predicted molar refractivity (Wildman–Crippen MR) is 81.2 cm³/mol. The van der Waals surface area contributed by atoms with Crippen LogP contribution in [0, 0.1) is 0 Å². The molecule has 1 atom stereocenters. The van der Waals surface area contributed by atoms with Crippen molar-refractivity contribution < 1.29 is 14.6 Å². The normalized spacial score (nSPS) is 25.8. The molecule has 0 bridgehead atoms. The van der Waals surface area contributed by atoms with Gasteiger partial charge in [0.25, 0.3) is 0 Å². The summed E-state index contributed by atoms with van der Waals surface area (Å²) < 4.78 is 5.37. The van der Waals surface area contributed by atoms with Gasteiger partial charge in [-0.1, -0.05) is 0 Å². The number of carbonyl (C=O) groups is 1. The number of carbonyl (C=O) groups excluding carboxylic acids is 1. The fourth-order valence-electron chi connectivity index (χ4n) is 3.03. The van der Waals surface area contributed by atoms with Gasteiger partial charge in [-0.25, -0.2) is 0 Å². The number of amides is 1. The van der Waals surface area contributed by atoms with E-state index in [0.29, 0.717) is 19.6 Å². The van der Waals surface area contributed by atoms with Crippen molar-refractivity contribution in [2.75, 3.05) is 52.5 Å². The lowest BCUT2D eigenvalue weighted by atomic mass is 10.0. The van der Waals surface area contributed by atoms with Gasteiger partial charge in [-0.15, -0.1) is 0 Å². The van der Waals surface area contributed by atoms with E-state index in [1.54, 1.807) is 0 Å². The van der Waals surface area contributed by atoms with E-state index < -0.39 is 0 Å². The number of hydrogen-bond donors (Lipinski definition) is 2. The molecule has 0 radical (unpaired) electrons. The minimum Gasteiger partial charge on any atom is -0.392 e. The lowest BCUT2D eigenvalue weighted by molar-refractivity contribution is -0.123. The number of morpholine rings is 1. The SMILES string of the molecule is CC(C)(CNC(=O)CN1CCCC(O)C1)N1CCOCC1. The van der Waals surface area contributed by atoms with E-state index >= 15 is 0 Å². The second kappa shape index (κ2) is 7.54. The van der Waals surface area contributed by atoms with Crippen LogP contribution in [0.5, 0.6) is 0 Å². The van der Waals surface area contributed by atoms with Crippen LogP contribution in [-0.2, 0) is 9.53 Å². The van der Waals surface area contributed by atoms with Crippen molar-refractivity contribution in [3.05, 3.63) is 0 Å². The van der Waals surface area contributed by atoms with Crippen LogP contribution in [-0.4, -0.2) is 84.9 Å². The van der Waals surface area contributed by atoms with Crippen molar-refractivity contribution in [3.8, 4) is 0 Å². The van der Waals surface area contributed by atoms with Crippen molar-refractivity contribution >= 4 is 5.91 Å². The van der Waals surface area contributed by atoms with E-state index in [2.05, 4.69) is 24.1 Å². The average molecular weight is 299 g/mol. The van der Waals surface area contributed by atoms with Crippen molar-refractivity contribution in [2.24, 2.45) is 0 Å². The van der Waals surface area contributed by atoms with E-state index in [1.165, 1.54) is 0 Å². The van der Waals surface area contributed by atoms with Crippen LogP contribution in [0.1, 0.15) is 26.7 Å².